The molecule has 22 heavy (non-hydrogen) atoms. The van der Waals surface area contributed by atoms with Crippen LogP contribution in [-0.2, 0) is 0 Å². The fourth-order valence-electron chi connectivity index (χ4n) is 1.81. The smallest absolute Gasteiger partial charge is 0.182 e. The summed E-state index contributed by atoms with van der Waals surface area (Å²) in [4.78, 5) is 7.65. The number of nitrogens with zero attached hydrogens (tertiary/aromatic N) is 3. The van der Waals surface area contributed by atoms with Crippen molar-refractivity contribution in [2.75, 3.05) is 0 Å². The van der Waals surface area contributed by atoms with Crippen LogP contribution in [0.2, 0.25) is 0 Å². The summed E-state index contributed by atoms with van der Waals surface area (Å²) in [6.07, 6.45) is 1.40. The first-order valence-electron chi connectivity index (χ1n) is 6.13. The van der Waals surface area contributed by atoms with Gasteiger partial charge in [0.2, 0.25) is 0 Å². The number of aromatic nitrogens is 2. The maximum atomic E-state index is 8.76. The number of halogens is 1. The zero-order chi connectivity index (χ0) is 15.5. The van der Waals surface area contributed by atoms with E-state index in [1.165, 1.54) is 17.8 Å². The third-order valence-corrected chi connectivity index (χ3v) is 4.49. The zero-order valence-corrected chi connectivity index (χ0v) is 13.4. The fraction of sp³-hybridized carbons (Fsp3) is 0. The van der Waals surface area contributed by atoms with E-state index < -0.39 is 0 Å². The summed E-state index contributed by atoms with van der Waals surface area (Å²) in [5, 5.41) is 18.8. The third-order valence-electron chi connectivity index (χ3n) is 2.76. The number of imidazole rings is 1. The predicted octanol–water partition coefficient (Wildman–Crippen LogP) is 4.50. The Bertz CT molecular complexity index is 909. The molecule has 0 radical (unpaired) electrons. The highest BCUT2D eigenvalue weighted by Crippen LogP contribution is 2.35. The zero-order valence-electron chi connectivity index (χ0n) is 11.0. The summed E-state index contributed by atoms with van der Waals surface area (Å²) in [6.45, 7) is 0. The molecule has 7 heteroatoms. The predicted molar refractivity (Wildman–Crippen MR) is 85.8 cm³/mol. The lowest BCUT2D eigenvalue weighted by Crippen LogP contribution is -1.73. The van der Waals surface area contributed by atoms with Crippen molar-refractivity contribution >= 4 is 44.8 Å². The molecule has 0 fully saturated rings. The number of fused-ring (bicyclic) bond motifs is 1. The highest BCUT2D eigenvalue weighted by Gasteiger charge is 2.13. The van der Waals surface area contributed by atoms with Crippen molar-refractivity contribution in [2.45, 2.75) is 10.2 Å². The molecule has 0 aliphatic carbocycles. The first-order valence-corrected chi connectivity index (χ1v) is 7.74. The molecule has 5 nitrogen and oxygen atoms in total. The Hall–Kier alpha value is -2.48. The number of rotatable bonds is 3. The molecular formula is C15H7BrN4OS. The molecule has 3 rings (SSSR count). The van der Waals surface area contributed by atoms with Gasteiger partial charge in [0.15, 0.2) is 10.2 Å². The maximum Gasteiger partial charge on any atom is 0.182 e. The highest BCUT2D eigenvalue weighted by molar-refractivity contribution is 9.10. The van der Waals surface area contributed by atoms with Gasteiger partial charge < -0.3 is 9.40 Å². The average Bonchev–Trinajstić information content (AvgIpc) is 3.08. The molecule has 0 bridgehead atoms. The van der Waals surface area contributed by atoms with Gasteiger partial charge in [0.05, 0.1) is 15.5 Å². The van der Waals surface area contributed by atoms with Crippen molar-refractivity contribution in [1.82, 2.24) is 9.97 Å². The van der Waals surface area contributed by atoms with Gasteiger partial charge in [0.25, 0.3) is 0 Å². The molecule has 2 aromatic heterocycles. The summed E-state index contributed by atoms with van der Waals surface area (Å²) >= 11 is 4.73. The first-order chi connectivity index (χ1) is 10.7. The van der Waals surface area contributed by atoms with E-state index >= 15 is 0 Å². The van der Waals surface area contributed by atoms with Crippen LogP contribution in [0.3, 0.4) is 0 Å². The molecule has 0 amide bonds. The minimum absolute atomic E-state index is 0.0125. The molecule has 1 aromatic carbocycles. The average molecular weight is 371 g/mol. The summed E-state index contributed by atoms with van der Waals surface area (Å²) < 4.78 is 6.36. The van der Waals surface area contributed by atoms with Crippen LogP contribution in [0.4, 0.5) is 0 Å². The first kappa shape index (κ1) is 14.5. The lowest BCUT2D eigenvalue weighted by molar-refractivity contribution is 0.463. The molecule has 0 unspecified atom stereocenters. The minimum atomic E-state index is -0.0125. The van der Waals surface area contributed by atoms with E-state index in [2.05, 4.69) is 25.9 Å². The molecule has 0 saturated heterocycles. The van der Waals surface area contributed by atoms with Crippen molar-refractivity contribution in [3.8, 4) is 12.1 Å². The van der Waals surface area contributed by atoms with E-state index in [0.717, 1.165) is 15.5 Å². The Labute approximate surface area is 138 Å². The number of aromatic amines is 1. The van der Waals surface area contributed by atoms with Crippen molar-refractivity contribution in [3.63, 3.8) is 0 Å². The Kier molecular flexibility index (Phi) is 4.01. The molecule has 0 saturated carbocycles. The topological polar surface area (TPSA) is 89.4 Å². The fourth-order valence-corrected chi connectivity index (χ4v) is 3.13. The number of para-hydroxylation sites is 2. The van der Waals surface area contributed by atoms with Crippen LogP contribution < -0.4 is 0 Å². The normalized spacial score (nSPS) is 10.1. The van der Waals surface area contributed by atoms with Crippen LogP contribution >= 0.6 is 27.7 Å². The summed E-state index contributed by atoms with van der Waals surface area (Å²) in [5.41, 5.74) is 1.81. The van der Waals surface area contributed by atoms with E-state index in [1.54, 1.807) is 18.2 Å². The van der Waals surface area contributed by atoms with Gasteiger partial charge in [-0.05, 0) is 45.9 Å². The lowest BCUT2D eigenvalue weighted by Gasteiger charge is -1.93. The van der Waals surface area contributed by atoms with Crippen LogP contribution in [0.5, 0.6) is 0 Å². The Morgan fingerprint density at radius 3 is 2.82 bits per heavy atom. The van der Waals surface area contributed by atoms with Gasteiger partial charge in [-0.15, -0.1) is 0 Å². The molecule has 2 heterocycles. The molecule has 0 atom stereocenters. The van der Waals surface area contributed by atoms with Crippen molar-refractivity contribution in [2.24, 2.45) is 0 Å². The number of hydrogen-bond donors (Lipinski definition) is 1. The van der Waals surface area contributed by atoms with Crippen LogP contribution in [-0.4, -0.2) is 9.97 Å². The van der Waals surface area contributed by atoms with Crippen LogP contribution in [0.15, 0.2) is 55.0 Å². The Morgan fingerprint density at radius 1 is 1.32 bits per heavy atom. The molecule has 0 spiro atoms. The molecule has 1 N–H and O–H groups in total. The van der Waals surface area contributed by atoms with E-state index in [4.69, 9.17) is 14.9 Å². The van der Waals surface area contributed by atoms with Crippen molar-refractivity contribution in [3.05, 3.63) is 46.1 Å². The molecule has 0 aliphatic rings. The van der Waals surface area contributed by atoms with Gasteiger partial charge in [-0.3, -0.25) is 0 Å². The van der Waals surface area contributed by atoms with Gasteiger partial charge in [0, 0.05) is 6.08 Å². The summed E-state index contributed by atoms with van der Waals surface area (Å²) in [5.74, 6) is 0.434. The summed E-state index contributed by atoms with van der Waals surface area (Å²) in [6, 6.07) is 13.0. The van der Waals surface area contributed by atoms with Crippen molar-refractivity contribution < 1.29 is 4.42 Å². The van der Waals surface area contributed by atoms with E-state index in [1.807, 2.05) is 24.3 Å². The van der Waals surface area contributed by atoms with Crippen LogP contribution in [0.25, 0.3) is 17.1 Å². The Morgan fingerprint density at radius 2 is 2.09 bits per heavy atom. The summed E-state index contributed by atoms with van der Waals surface area (Å²) in [7, 11) is 0. The van der Waals surface area contributed by atoms with Crippen LogP contribution in [0.1, 0.15) is 5.76 Å². The number of benzene rings is 1. The monoisotopic (exact) mass is 370 g/mol. The molecular weight excluding hydrogens is 364 g/mol. The SMILES string of the molecule is N#CC(C#N)=Cc1cc(Br)c(Sc2nc3ccccc3[nH]2)o1. The third kappa shape index (κ3) is 2.91. The minimum Gasteiger partial charge on any atom is -0.449 e. The number of H-pyrrole nitrogens is 1. The molecule has 0 aliphatic heterocycles. The maximum absolute atomic E-state index is 8.76. The second-order valence-corrected chi connectivity index (χ2v) is 6.04. The van der Waals surface area contributed by atoms with Gasteiger partial charge in [0.1, 0.15) is 23.5 Å². The van der Waals surface area contributed by atoms with Gasteiger partial charge in [-0.2, -0.15) is 10.5 Å². The second kappa shape index (κ2) is 6.10. The van der Waals surface area contributed by atoms with Crippen LogP contribution in [0, 0.1) is 22.7 Å². The largest absolute Gasteiger partial charge is 0.449 e. The molecule has 3 aromatic rings. The van der Waals surface area contributed by atoms with E-state index in [-0.39, 0.29) is 5.57 Å². The number of nitriles is 2. The van der Waals surface area contributed by atoms with Crippen molar-refractivity contribution in [1.29, 1.82) is 10.5 Å². The lowest BCUT2D eigenvalue weighted by atomic mass is 10.3. The molecule has 106 valence electrons. The number of hydrogen-bond acceptors (Lipinski definition) is 5. The van der Waals surface area contributed by atoms with E-state index in [0.29, 0.717) is 16.0 Å². The highest BCUT2D eigenvalue weighted by atomic mass is 79.9. The standard InChI is InChI=1S/C15H7BrN4OS/c16-11-6-10(5-9(7-17)8-18)21-14(11)22-15-19-12-3-1-2-4-13(12)20-15/h1-6H,(H,19,20). The number of furan rings is 1. The second-order valence-electron chi connectivity index (χ2n) is 4.23. The van der Waals surface area contributed by atoms with E-state index in [9.17, 15) is 0 Å². The number of allylic oxidation sites excluding steroid dienone is 1. The van der Waals surface area contributed by atoms with Gasteiger partial charge in [-0.25, -0.2) is 4.98 Å². The van der Waals surface area contributed by atoms with Gasteiger partial charge in [-0.1, -0.05) is 12.1 Å². The Balaban J connectivity index is 1.90. The number of nitrogens with one attached hydrogen (secondary N) is 1. The van der Waals surface area contributed by atoms with Gasteiger partial charge >= 0.3 is 0 Å². The quantitative estimate of drug-likeness (QED) is 0.685.